The molecular formula is C14H13ClOS. The fourth-order valence-corrected chi connectivity index (χ4v) is 2.76. The first-order chi connectivity index (χ1) is 7.99. The maximum absolute atomic E-state index is 12.2. The Balaban J connectivity index is 2.40. The third-order valence-corrected chi connectivity index (χ3v) is 4.40. The maximum atomic E-state index is 12.2. The number of halogens is 1. The highest BCUT2D eigenvalue weighted by Crippen LogP contribution is 2.28. The van der Waals surface area contributed by atoms with Crippen LogP contribution in [-0.4, -0.2) is 5.78 Å². The highest BCUT2D eigenvalue weighted by Gasteiger charge is 2.14. The second-order valence-corrected chi connectivity index (χ2v) is 5.85. The van der Waals surface area contributed by atoms with Crippen LogP contribution in [0.2, 0.25) is 4.34 Å². The van der Waals surface area contributed by atoms with E-state index in [9.17, 15) is 4.79 Å². The van der Waals surface area contributed by atoms with Gasteiger partial charge < -0.3 is 0 Å². The van der Waals surface area contributed by atoms with Crippen molar-refractivity contribution >= 4 is 28.7 Å². The zero-order valence-electron chi connectivity index (χ0n) is 10.0. The third kappa shape index (κ3) is 2.43. The SMILES string of the molecule is Cc1ccc(C(=O)c2cc(C)c(Cl)s2)cc1C. The summed E-state index contributed by atoms with van der Waals surface area (Å²) < 4.78 is 0.692. The van der Waals surface area contributed by atoms with Crippen molar-refractivity contribution in [1.29, 1.82) is 0 Å². The summed E-state index contributed by atoms with van der Waals surface area (Å²) in [5.74, 6) is 0.0492. The predicted octanol–water partition coefficient (Wildman–Crippen LogP) is 4.56. The number of thiophene rings is 1. The minimum atomic E-state index is 0.0492. The summed E-state index contributed by atoms with van der Waals surface area (Å²) in [6.45, 7) is 5.96. The smallest absolute Gasteiger partial charge is 0.203 e. The minimum absolute atomic E-state index is 0.0492. The summed E-state index contributed by atoms with van der Waals surface area (Å²) in [6, 6.07) is 7.63. The average molecular weight is 265 g/mol. The summed E-state index contributed by atoms with van der Waals surface area (Å²) in [6.07, 6.45) is 0. The molecule has 0 saturated carbocycles. The maximum Gasteiger partial charge on any atom is 0.203 e. The third-order valence-electron chi connectivity index (χ3n) is 2.85. The molecule has 17 heavy (non-hydrogen) atoms. The Morgan fingerprint density at radius 1 is 1.06 bits per heavy atom. The molecule has 0 bridgehead atoms. The molecule has 2 rings (SSSR count). The van der Waals surface area contributed by atoms with Crippen LogP contribution in [0.25, 0.3) is 0 Å². The zero-order valence-corrected chi connectivity index (χ0v) is 11.6. The standard InChI is InChI=1S/C14H13ClOS/c1-8-4-5-11(6-9(8)2)13(16)12-7-10(3)14(15)17-12/h4-7H,1-3H3. The van der Waals surface area contributed by atoms with E-state index in [0.717, 1.165) is 16.7 Å². The van der Waals surface area contributed by atoms with Gasteiger partial charge in [-0.2, -0.15) is 0 Å². The number of carbonyl (C=O) groups excluding carboxylic acids is 1. The molecule has 0 radical (unpaired) electrons. The largest absolute Gasteiger partial charge is 0.288 e. The van der Waals surface area contributed by atoms with E-state index in [1.54, 1.807) is 0 Å². The zero-order chi connectivity index (χ0) is 12.6. The topological polar surface area (TPSA) is 17.1 Å². The molecule has 0 atom stereocenters. The number of carbonyl (C=O) groups is 1. The van der Waals surface area contributed by atoms with Crippen molar-refractivity contribution in [2.75, 3.05) is 0 Å². The second kappa shape index (κ2) is 4.63. The van der Waals surface area contributed by atoms with Gasteiger partial charge in [-0.25, -0.2) is 0 Å². The van der Waals surface area contributed by atoms with Crippen molar-refractivity contribution in [2.45, 2.75) is 20.8 Å². The summed E-state index contributed by atoms with van der Waals surface area (Å²) in [4.78, 5) is 12.9. The highest BCUT2D eigenvalue weighted by atomic mass is 35.5. The molecule has 0 fully saturated rings. The number of benzene rings is 1. The number of hydrogen-bond donors (Lipinski definition) is 0. The minimum Gasteiger partial charge on any atom is -0.288 e. The fourth-order valence-electron chi connectivity index (χ4n) is 1.60. The van der Waals surface area contributed by atoms with Crippen molar-refractivity contribution in [1.82, 2.24) is 0 Å². The van der Waals surface area contributed by atoms with Crippen molar-refractivity contribution in [3.05, 3.63) is 55.7 Å². The monoisotopic (exact) mass is 264 g/mol. The molecule has 0 aliphatic heterocycles. The van der Waals surface area contributed by atoms with Crippen LogP contribution >= 0.6 is 22.9 Å². The molecule has 0 spiro atoms. The van der Waals surface area contributed by atoms with Crippen molar-refractivity contribution < 1.29 is 4.79 Å². The molecule has 1 aromatic heterocycles. The first kappa shape index (κ1) is 12.3. The van der Waals surface area contributed by atoms with E-state index in [1.807, 2.05) is 45.0 Å². The van der Waals surface area contributed by atoms with Gasteiger partial charge in [-0.1, -0.05) is 23.7 Å². The molecule has 1 nitrogen and oxygen atoms in total. The van der Waals surface area contributed by atoms with E-state index < -0.39 is 0 Å². The second-order valence-electron chi connectivity index (χ2n) is 4.20. The van der Waals surface area contributed by atoms with Crippen LogP contribution in [0, 0.1) is 20.8 Å². The van der Waals surface area contributed by atoms with Crippen LogP contribution in [0.3, 0.4) is 0 Å². The molecule has 0 saturated heterocycles. The molecule has 1 heterocycles. The highest BCUT2D eigenvalue weighted by molar-refractivity contribution is 7.18. The summed E-state index contributed by atoms with van der Waals surface area (Å²) in [5.41, 5.74) is 4.02. The van der Waals surface area contributed by atoms with Crippen LogP contribution in [0.4, 0.5) is 0 Å². The summed E-state index contributed by atoms with van der Waals surface area (Å²) in [7, 11) is 0. The quantitative estimate of drug-likeness (QED) is 0.727. The van der Waals surface area contributed by atoms with Gasteiger partial charge in [0.25, 0.3) is 0 Å². The van der Waals surface area contributed by atoms with Gasteiger partial charge in [0.2, 0.25) is 5.78 Å². The number of ketones is 1. The lowest BCUT2D eigenvalue weighted by Crippen LogP contribution is -1.99. The van der Waals surface area contributed by atoms with Gasteiger partial charge in [0, 0.05) is 5.56 Å². The molecular weight excluding hydrogens is 252 g/mol. The van der Waals surface area contributed by atoms with Gasteiger partial charge in [-0.05, 0) is 49.6 Å². The van der Waals surface area contributed by atoms with E-state index in [0.29, 0.717) is 9.21 Å². The molecule has 0 amide bonds. The fraction of sp³-hybridized carbons (Fsp3) is 0.214. The van der Waals surface area contributed by atoms with E-state index in [1.165, 1.54) is 16.9 Å². The van der Waals surface area contributed by atoms with Crippen LogP contribution in [-0.2, 0) is 0 Å². The number of rotatable bonds is 2. The Morgan fingerprint density at radius 3 is 2.29 bits per heavy atom. The average Bonchev–Trinajstić information content (AvgIpc) is 2.62. The molecule has 0 N–H and O–H groups in total. The van der Waals surface area contributed by atoms with Gasteiger partial charge in [0.15, 0.2) is 0 Å². The lowest BCUT2D eigenvalue weighted by atomic mass is 10.0. The lowest BCUT2D eigenvalue weighted by Gasteiger charge is -2.02. The van der Waals surface area contributed by atoms with Crippen molar-refractivity contribution in [2.24, 2.45) is 0 Å². The number of hydrogen-bond acceptors (Lipinski definition) is 2. The van der Waals surface area contributed by atoms with Crippen LogP contribution in [0.5, 0.6) is 0 Å². The van der Waals surface area contributed by atoms with E-state index in [4.69, 9.17) is 11.6 Å². The Labute approximate surface area is 110 Å². The van der Waals surface area contributed by atoms with Crippen molar-refractivity contribution in [3.63, 3.8) is 0 Å². The molecule has 0 aliphatic rings. The first-order valence-corrected chi connectivity index (χ1v) is 6.56. The van der Waals surface area contributed by atoms with Crippen LogP contribution in [0.1, 0.15) is 31.9 Å². The first-order valence-electron chi connectivity index (χ1n) is 5.37. The van der Waals surface area contributed by atoms with Crippen molar-refractivity contribution in [3.8, 4) is 0 Å². The molecule has 1 aromatic carbocycles. The van der Waals surface area contributed by atoms with Gasteiger partial charge in [0.05, 0.1) is 9.21 Å². The molecule has 0 aliphatic carbocycles. The summed E-state index contributed by atoms with van der Waals surface area (Å²) >= 11 is 7.33. The number of aryl methyl sites for hydroxylation is 3. The van der Waals surface area contributed by atoms with Gasteiger partial charge in [-0.15, -0.1) is 11.3 Å². The van der Waals surface area contributed by atoms with Gasteiger partial charge in [0.1, 0.15) is 0 Å². The Hall–Kier alpha value is -1.12. The van der Waals surface area contributed by atoms with Gasteiger partial charge >= 0.3 is 0 Å². The molecule has 88 valence electrons. The van der Waals surface area contributed by atoms with E-state index in [-0.39, 0.29) is 5.78 Å². The summed E-state index contributed by atoms with van der Waals surface area (Å²) in [5, 5.41) is 0. The lowest BCUT2D eigenvalue weighted by molar-refractivity contribution is 0.104. The predicted molar refractivity (Wildman–Crippen MR) is 73.4 cm³/mol. The Kier molecular flexibility index (Phi) is 3.36. The van der Waals surface area contributed by atoms with Gasteiger partial charge in [-0.3, -0.25) is 4.79 Å². The van der Waals surface area contributed by atoms with E-state index >= 15 is 0 Å². The Morgan fingerprint density at radius 2 is 1.76 bits per heavy atom. The molecule has 2 aromatic rings. The van der Waals surface area contributed by atoms with E-state index in [2.05, 4.69) is 0 Å². The molecule has 0 unspecified atom stereocenters. The van der Waals surface area contributed by atoms with Crippen LogP contribution < -0.4 is 0 Å². The molecule has 3 heteroatoms. The van der Waals surface area contributed by atoms with Crippen LogP contribution in [0.15, 0.2) is 24.3 Å². The Bertz CT molecular complexity index is 564. The normalized spacial score (nSPS) is 10.6.